The first-order chi connectivity index (χ1) is 12.8. The average molecular weight is 348 g/mol. The Bertz CT molecular complexity index is 877. The van der Waals surface area contributed by atoms with E-state index in [1.807, 2.05) is 22.9 Å². The van der Waals surface area contributed by atoms with Gasteiger partial charge in [0.05, 0.1) is 18.8 Å². The molecular weight excluding hydrogens is 328 g/mol. The van der Waals surface area contributed by atoms with Crippen molar-refractivity contribution in [3.8, 4) is 0 Å². The molecule has 1 aliphatic heterocycles. The van der Waals surface area contributed by atoms with E-state index in [0.717, 1.165) is 18.7 Å². The van der Waals surface area contributed by atoms with Gasteiger partial charge in [0.1, 0.15) is 11.8 Å². The van der Waals surface area contributed by atoms with Gasteiger partial charge in [-0.25, -0.2) is 0 Å². The predicted molar refractivity (Wildman–Crippen MR) is 96.7 cm³/mol. The van der Waals surface area contributed by atoms with Crippen LogP contribution in [0.1, 0.15) is 33.4 Å². The van der Waals surface area contributed by atoms with Crippen LogP contribution < -0.4 is 5.32 Å². The molecule has 0 radical (unpaired) electrons. The van der Waals surface area contributed by atoms with Crippen LogP contribution in [0.25, 0.3) is 0 Å². The highest BCUT2D eigenvalue weighted by Crippen LogP contribution is 2.25. The Balaban J connectivity index is 1.44. The molecule has 6 nitrogen and oxygen atoms in total. The molecule has 0 bridgehead atoms. The summed E-state index contributed by atoms with van der Waals surface area (Å²) < 4.78 is 7.79. The number of aromatic nitrogens is 3. The largest absolute Gasteiger partial charge is 0.370 e. The number of rotatable bonds is 5. The topological polar surface area (TPSA) is 69.0 Å². The summed E-state index contributed by atoms with van der Waals surface area (Å²) in [5.74, 6) is -0.204. The van der Waals surface area contributed by atoms with Gasteiger partial charge in [-0.15, -0.1) is 0 Å². The summed E-state index contributed by atoms with van der Waals surface area (Å²) in [6.07, 6.45) is 4.30. The molecular formula is C20H20N4O2. The van der Waals surface area contributed by atoms with Crippen molar-refractivity contribution < 1.29 is 9.53 Å². The van der Waals surface area contributed by atoms with E-state index in [9.17, 15) is 4.79 Å². The average Bonchev–Trinajstić information content (AvgIpc) is 3.10. The fourth-order valence-corrected chi connectivity index (χ4v) is 3.11. The molecule has 1 atom stereocenters. The monoisotopic (exact) mass is 348 g/mol. The second-order valence-corrected chi connectivity index (χ2v) is 6.26. The summed E-state index contributed by atoms with van der Waals surface area (Å²) in [5.41, 5.74) is 3.70. The molecule has 4 rings (SSSR count). The van der Waals surface area contributed by atoms with Crippen LogP contribution in [-0.2, 0) is 17.7 Å². The number of benzene rings is 1. The zero-order chi connectivity index (χ0) is 17.8. The second-order valence-electron chi connectivity index (χ2n) is 6.26. The number of amides is 1. The molecule has 6 heteroatoms. The molecule has 0 spiro atoms. The Morgan fingerprint density at radius 1 is 1.19 bits per heavy atom. The van der Waals surface area contributed by atoms with Gasteiger partial charge in [-0.2, -0.15) is 5.10 Å². The number of nitrogens with one attached hydrogen (secondary N) is 1. The first-order valence-corrected chi connectivity index (χ1v) is 8.70. The number of ether oxygens (including phenoxy) is 1. The van der Waals surface area contributed by atoms with E-state index in [1.54, 1.807) is 24.4 Å². The summed E-state index contributed by atoms with van der Waals surface area (Å²) in [6.45, 7) is 1.74. The smallest absolute Gasteiger partial charge is 0.269 e. The first-order valence-electron chi connectivity index (χ1n) is 8.70. The Kier molecular flexibility index (Phi) is 4.75. The molecule has 0 fully saturated rings. The fraction of sp³-hybridized carbons (Fsp3) is 0.250. The standard InChI is InChI=1S/C20H20N4O2/c25-20(17-8-4-5-10-21-17)22-12-18-19-16(9-11-26-18)14-24(23-19)13-15-6-2-1-3-7-15/h1-8,10,14,18H,9,11-13H2,(H,22,25). The third-order valence-electron chi connectivity index (χ3n) is 4.40. The van der Waals surface area contributed by atoms with Gasteiger partial charge in [0, 0.05) is 18.9 Å². The highest BCUT2D eigenvalue weighted by Gasteiger charge is 2.25. The van der Waals surface area contributed by atoms with Gasteiger partial charge in [0.2, 0.25) is 0 Å². The lowest BCUT2D eigenvalue weighted by molar-refractivity contribution is 0.0383. The van der Waals surface area contributed by atoms with Crippen LogP contribution in [0.3, 0.4) is 0 Å². The van der Waals surface area contributed by atoms with Crippen molar-refractivity contribution in [3.05, 3.63) is 83.4 Å². The number of nitrogens with zero attached hydrogens (tertiary/aromatic N) is 3. The second kappa shape index (κ2) is 7.49. The SMILES string of the molecule is O=C(NCC1OCCc2cn(Cc3ccccc3)nc21)c1ccccn1. The predicted octanol–water partition coefficient (Wildman–Crippen LogP) is 2.37. The third-order valence-corrected chi connectivity index (χ3v) is 4.40. The van der Waals surface area contributed by atoms with Gasteiger partial charge in [-0.1, -0.05) is 36.4 Å². The van der Waals surface area contributed by atoms with Crippen LogP contribution in [0.4, 0.5) is 0 Å². The zero-order valence-corrected chi connectivity index (χ0v) is 14.3. The summed E-state index contributed by atoms with van der Waals surface area (Å²) in [4.78, 5) is 16.3. The lowest BCUT2D eigenvalue weighted by Gasteiger charge is -2.22. The summed E-state index contributed by atoms with van der Waals surface area (Å²) >= 11 is 0. The number of pyridine rings is 1. The molecule has 3 heterocycles. The van der Waals surface area contributed by atoms with Crippen molar-refractivity contribution in [1.82, 2.24) is 20.1 Å². The van der Waals surface area contributed by atoms with Gasteiger partial charge >= 0.3 is 0 Å². The highest BCUT2D eigenvalue weighted by molar-refractivity contribution is 5.92. The maximum absolute atomic E-state index is 12.2. The van der Waals surface area contributed by atoms with Crippen molar-refractivity contribution in [2.24, 2.45) is 0 Å². The third kappa shape index (κ3) is 3.65. The van der Waals surface area contributed by atoms with E-state index in [4.69, 9.17) is 9.84 Å². The number of carbonyl (C=O) groups excluding carboxylic acids is 1. The van der Waals surface area contributed by atoms with Gasteiger partial charge < -0.3 is 10.1 Å². The van der Waals surface area contributed by atoms with E-state index >= 15 is 0 Å². The van der Waals surface area contributed by atoms with E-state index in [1.165, 1.54) is 11.1 Å². The summed E-state index contributed by atoms with van der Waals surface area (Å²) in [7, 11) is 0. The Labute approximate surface area is 151 Å². The van der Waals surface area contributed by atoms with E-state index in [2.05, 4.69) is 28.6 Å². The van der Waals surface area contributed by atoms with Crippen LogP contribution in [0, 0.1) is 0 Å². The molecule has 1 unspecified atom stereocenters. The Hall–Kier alpha value is -2.99. The Morgan fingerprint density at radius 2 is 2.04 bits per heavy atom. The van der Waals surface area contributed by atoms with E-state index in [-0.39, 0.29) is 12.0 Å². The van der Waals surface area contributed by atoms with Crippen molar-refractivity contribution in [2.75, 3.05) is 13.2 Å². The zero-order valence-electron chi connectivity index (χ0n) is 14.3. The lowest BCUT2D eigenvalue weighted by atomic mass is 10.1. The molecule has 26 heavy (non-hydrogen) atoms. The fourth-order valence-electron chi connectivity index (χ4n) is 3.11. The summed E-state index contributed by atoms with van der Waals surface area (Å²) in [6, 6.07) is 15.5. The maximum Gasteiger partial charge on any atom is 0.269 e. The maximum atomic E-state index is 12.2. The molecule has 2 aromatic heterocycles. The van der Waals surface area contributed by atoms with Crippen LogP contribution in [0.15, 0.2) is 60.9 Å². The molecule has 1 N–H and O–H groups in total. The molecule has 0 saturated carbocycles. The van der Waals surface area contributed by atoms with Gasteiger partial charge in [0.25, 0.3) is 5.91 Å². The van der Waals surface area contributed by atoms with Crippen LogP contribution in [0.5, 0.6) is 0 Å². The molecule has 132 valence electrons. The minimum atomic E-state index is -0.233. The van der Waals surface area contributed by atoms with Crippen molar-refractivity contribution in [1.29, 1.82) is 0 Å². The lowest BCUT2D eigenvalue weighted by Crippen LogP contribution is -2.32. The van der Waals surface area contributed by atoms with Gasteiger partial charge in [0.15, 0.2) is 0 Å². The quantitative estimate of drug-likeness (QED) is 0.769. The van der Waals surface area contributed by atoms with Crippen LogP contribution in [0.2, 0.25) is 0 Å². The summed E-state index contributed by atoms with van der Waals surface area (Å²) in [5, 5.41) is 7.60. The number of hydrogen-bond acceptors (Lipinski definition) is 4. The minimum Gasteiger partial charge on any atom is -0.370 e. The van der Waals surface area contributed by atoms with Crippen molar-refractivity contribution in [3.63, 3.8) is 0 Å². The molecule has 3 aromatic rings. The molecule has 1 aliphatic rings. The van der Waals surface area contributed by atoms with E-state index < -0.39 is 0 Å². The number of carbonyl (C=O) groups is 1. The van der Waals surface area contributed by atoms with Crippen LogP contribution in [-0.4, -0.2) is 33.8 Å². The van der Waals surface area contributed by atoms with Crippen molar-refractivity contribution >= 4 is 5.91 Å². The van der Waals surface area contributed by atoms with Crippen LogP contribution >= 0.6 is 0 Å². The molecule has 1 amide bonds. The molecule has 1 aromatic carbocycles. The van der Waals surface area contributed by atoms with E-state index in [0.29, 0.717) is 18.8 Å². The first kappa shape index (κ1) is 16.5. The van der Waals surface area contributed by atoms with Crippen molar-refractivity contribution in [2.45, 2.75) is 19.1 Å². The number of hydrogen-bond donors (Lipinski definition) is 1. The van der Waals surface area contributed by atoms with Gasteiger partial charge in [-0.05, 0) is 29.7 Å². The Morgan fingerprint density at radius 3 is 2.85 bits per heavy atom. The number of fused-ring (bicyclic) bond motifs is 1. The molecule has 0 saturated heterocycles. The normalized spacial score (nSPS) is 16.1. The van der Waals surface area contributed by atoms with Gasteiger partial charge in [-0.3, -0.25) is 14.5 Å². The highest BCUT2D eigenvalue weighted by atomic mass is 16.5. The minimum absolute atomic E-state index is 0.204. The molecule has 0 aliphatic carbocycles.